The molecule has 9 nitrogen and oxygen atoms in total. The monoisotopic (exact) mass is 436 g/mol. The van der Waals surface area contributed by atoms with Gasteiger partial charge < -0.3 is 20.7 Å². The van der Waals surface area contributed by atoms with Gasteiger partial charge in [-0.15, -0.1) is 11.3 Å². The van der Waals surface area contributed by atoms with Gasteiger partial charge in [0.05, 0.1) is 12.3 Å². The minimum Gasteiger partial charge on any atom is -0.481 e. The van der Waals surface area contributed by atoms with Crippen LogP contribution in [0, 0.1) is 17.1 Å². The van der Waals surface area contributed by atoms with E-state index in [4.69, 9.17) is 26.1 Å². The Morgan fingerprint density at radius 2 is 1.83 bits per heavy atom. The number of benzene rings is 1. The van der Waals surface area contributed by atoms with Crippen LogP contribution in [0.25, 0.3) is 0 Å². The number of nitrogens with one attached hydrogen (secondary N) is 1. The average Bonchev–Trinajstić information content (AvgIpc) is 3.10. The summed E-state index contributed by atoms with van der Waals surface area (Å²) in [5.41, 5.74) is 5.39. The summed E-state index contributed by atoms with van der Waals surface area (Å²) in [5.74, 6) is -6.94. The fourth-order valence-corrected chi connectivity index (χ4v) is 3.40. The number of amidine groups is 1. The summed E-state index contributed by atoms with van der Waals surface area (Å²) in [7, 11) is 0. The SMILES string of the molecule is N=C(N)c1ccc(OC(=O)c2ccc(CC(=O)C[C@@H](CC(=O)O)C(=O)O)s2)c(F)c1. The molecule has 0 aliphatic heterocycles. The van der Waals surface area contributed by atoms with Crippen molar-refractivity contribution in [2.24, 2.45) is 11.7 Å². The summed E-state index contributed by atoms with van der Waals surface area (Å²) in [5, 5.41) is 25.0. The number of hydrogen-bond acceptors (Lipinski definition) is 7. The van der Waals surface area contributed by atoms with Crippen LogP contribution < -0.4 is 10.5 Å². The molecule has 0 bridgehead atoms. The van der Waals surface area contributed by atoms with Crippen LogP contribution in [0.2, 0.25) is 0 Å². The summed E-state index contributed by atoms with van der Waals surface area (Å²) >= 11 is 0.916. The van der Waals surface area contributed by atoms with Crippen molar-refractivity contribution in [2.45, 2.75) is 19.3 Å². The van der Waals surface area contributed by atoms with Crippen molar-refractivity contribution in [2.75, 3.05) is 0 Å². The van der Waals surface area contributed by atoms with Gasteiger partial charge >= 0.3 is 17.9 Å². The van der Waals surface area contributed by atoms with Crippen molar-refractivity contribution >= 4 is 40.9 Å². The Morgan fingerprint density at radius 3 is 2.40 bits per heavy atom. The summed E-state index contributed by atoms with van der Waals surface area (Å²) in [6, 6.07) is 6.29. The lowest BCUT2D eigenvalue weighted by Crippen LogP contribution is -2.21. The molecule has 0 unspecified atom stereocenters. The molecule has 0 aliphatic rings. The zero-order valence-corrected chi connectivity index (χ0v) is 16.2. The first kappa shape index (κ1) is 22.7. The maximum absolute atomic E-state index is 14.0. The van der Waals surface area contributed by atoms with Crippen LogP contribution in [-0.2, 0) is 20.8 Å². The second kappa shape index (κ2) is 9.74. The number of esters is 1. The molecule has 1 atom stereocenters. The number of ether oxygens (including phenoxy) is 1. The first-order chi connectivity index (χ1) is 14.1. The van der Waals surface area contributed by atoms with E-state index in [0.717, 1.165) is 23.5 Å². The van der Waals surface area contributed by atoms with E-state index < -0.39 is 48.3 Å². The van der Waals surface area contributed by atoms with Crippen LogP contribution >= 0.6 is 11.3 Å². The van der Waals surface area contributed by atoms with Gasteiger partial charge in [0.15, 0.2) is 11.6 Å². The normalized spacial score (nSPS) is 11.5. The predicted molar refractivity (Wildman–Crippen MR) is 103 cm³/mol. The summed E-state index contributed by atoms with van der Waals surface area (Å²) in [6.45, 7) is 0. The molecular formula is C19H17FN2O7S. The average molecular weight is 436 g/mol. The Bertz CT molecular complexity index is 1020. The Balaban J connectivity index is 2.01. The van der Waals surface area contributed by atoms with Crippen molar-refractivity contribution in [3.05, 3.63) is 51.5 Å². The van der Waals surface area contributed by atoms with Crippen LogP contribution in [0.15, 0.2) is 30.3 Å². The molecule has 1 heterocycles. The van der Waals surface area contributed by atoms with Crippen molar-refractivity contribution in [3.8, 4) is 5.75 Å². The molecule has 0 aliphatic carbocycles. The molecule has 0 saturated carbocycles. The third-order valence-corrected chi connectivity index (χ3v) is 4.99. The minimum atomic E-state index is -1.38. The van der Waals surface area contributed by atoms with E-state index in [9.17, 15) is 23.6 Å². The Kier molecular flexibility index (Phi) is 7.37. The molecule has 0 fully saturated rings. The minimum absolute atomic E-state index is 0.0909. The van der Waals surface area contributed by atoms with E-state index in [1.54, 1.807) is 0 Å². The zero-order chi connectivity index (χ0) is 22.4. The lowest BCUT2D eigenvalue weighted by Gasteiger charge is -2.08. The van der Waals surface area contributed by atoms with Gasteiger partial charge in [0.25, 0.3) is 0 Å². The number of nitrogen functional groups attached to an aromatic ring is 1. The number of rotatable bonds is 10. The van der Waals surface area contributed by atoms with Crippen LogP contribution in [0.3, 0.4) is 0 Å². The zero-order valence-electron chi connectivity index (χ0n) is 15.4. The van der Waals surface area contributed by atoms with Crippen LogP contribution in [0.4, 0.5) is 4.39 Å². The van der Waals surface area contributed by atoms with Crippen LogP contribution in [-0.4, -0.2) is 39.7 Å². The molecule has 11 heteroatoms. The highest BCUT2D eigenvalue weighted by molar-refractivity contribution is 7.14. The summed E-state index contributed by atoms with van der Waals surface area (Å²) < 4.78 is 19.0. The van der Waals surface area contributed by atoms with E-state index in [2.05, 4.69) is 0 Å². The smallest absolute Gasteiger partial charge is 0.353 e. The molecule has 0 saturated heterocycles. The number of carbonyl (C=O) groups excluding carboxylic acids is 2. The summed E-state index contributed by atoms with van der Waals surface area (Å²) in [6.07, 6.45) is -1.30. The lowest BCUT2D eigenvalue weighted by atomic mass is 9.97. The number of carboxylic acid groups (broad SMARTS) is 2. The number of carbonyl (C=O) groups is 4. The number of hydrogen-bond donors (Lipinski definition) is 4. The van der Waals surface area contributed by atoms with Crippen molar-refractivity contribution in [3.63, 3.8) is 0 Å². The van der Waals surface area contributed by atoms with Gasteiger partial charge in [-0.3, -0.25) is 19.8 Å². The number of aliphatic carboxylic acids is 2. The molecule has 30 heavy (non-hydrogen) atoms. The third kappa shape index (κ3) is 6.21. The number of Topliss-reactive ketones (excluding diaryl/α,β-unsaturated/α-hetero) is 1. The predicted octanol–water partition coefficient (Wildman–Crippen LogP) is 2.07. The molecule has 2 aromatic rings. The second-order valence-corrected chi connectivity index (χ2v) is 7.44. The molecule has 0 radical (unpaired) electrons. The number of carboxylic acids is 2. The van der Waals surface area contributed by atoms with Crippen LogP contribution in [0.5, 0.6) is 5.75 Å². The van der Waals surface area contributed by atoms with E-state index >= 15 is 0 Å². The Hall–Kier alpha value is -3.60. The number of nitrogens with two attached hydrogens (primary N) is 1. The van der Waals surface area contributed by atoms with Gasteiger partial charge in [-0.25, -0.2) is 9.18 Å². The molecule has 158 valence electrons. The molecule has 2 rings (SSSR count). The quantitative estimate of drug-likeness (QED) is 0.190. The topological polar surface area (TPSA) is 168 Å². The fourth-order valence-electron chi connectivity index (χ4n) is 2.48. The molecular weight excluding hydrogens is 419 g/mol. The fraction of sp³-hybridized carbons (Fsp3) is 0.211. The molecule has 0 amide bonds. The van der Waals surface area contributed by atoms with Gasteiger partial charge in [-0.2, -0.15) is 0 Å². The lowest BCUT2D eigenvalue weighted by molar-refractivity contribution is -0.149. The highest BCUT2D eigenvalue weighted by Crippen LogP contribution is 2.23. The Morgan fingerprint density at radius 1 is 1.13 bits per heavy atom. The first-order valence-corrected chi connectivity index (χ1v) is 9.29. The number of thiophene rings is 1. The van der Waals surface area contributed by atoms with Crippen molar-refractivity contribution < 1.29 is 38.5 Å². The van der Waals surface area contributed by atoms with Gasteiger partial charge in [0.2, 0.25) is 0 Å². The highest BCUT2D eigenvalue weighted by atomic mass is 32.1. The summed E-state index contributed by atoms with van der Waals surface area (Å²) in [4.78, 5) is 46.5. The van der Waals surface area contributed by atoms with Gasteiger partial charge in [0.1, 0.15) is 16.5 Å². The Labute approximate surface area is 173 Å². The largest absolute Gasteiger partial charge is 0.481 e. The van der Waals surface area contributed by atoms with Crippen LogP contribution in [0.1, 0.15) is 33.0 Å². The standard InChI is InChI=1S/C19H17FN2O7S/c20-13-6-9(17(21)22)1-3-14(13)29-19(28)15-4-2-12(30-15)8-11(23)5-10(18(26)27)7-16(24)25/h1-4,6,10H,5,7-8H2,(H3,21,22)(H,24,25)(H,26,27)/t10-/m0/s1. The van der Waals surface area contributed by atoms with E-state index in [1.807, 2.05) is 0 Å². The third-order valence-electron chi connectivity index (χ3n) is 3.92. The van der Waals surface area contributed by atoms with Gasteiger partial charge in [-0.1, -0.05) is 0 Å². The van der Waals surface area contributed by atoms with Crippen molar-refractivity contribution in [1.29, 1.82) is 5.41 Å². The maximum Gasteiger partial charge on any atom is 0.353 e. The molecule has 5 N–H and O–H groups in total. The second-order valence-electron chi connectivity index (χ2n) is 6.27. The number of ketones is 1. The van der Waals surface area contributed by atoms with E-state index in [1.165, 1.54) is 18.2 Å². The number of halogens is 1. The van der Waals surface area contributed by atoms with Crippen molar-refractivity contribution in [1.82, 2.24) is 0 Å². The molecule has 0 spiro atoms. The van der Waals surface area contributed by atoms with E-state index in [0.29, 0.717) is 4.88 Å². The first-order valence-electron chi connectivity index (χ1n) is 8.48. The van der Waals surface area contributed by atoms with E-state index in [-0.39, 0.29) is 28.4 Å². The maximum atomic E-state index is 14.0. The molecule has 1 aromatic carbocycles. The van der Waals surface area contributed by atoms with Gasteiger partial charge in [-0.05, 0) is 30.3 Å². The van der Waals surface area contributed by atoms with Gasteiger partial charge in [0, 0.05) is 23.3 Å². The highest BCUT2D eigenvalue weighted by Gasteiger charge is 2.24. The molecule has 1 aromatic heterocycles.